The zero-order chi connectivity index (χ0) is 29.7. The first-order chi connectivity index (χ1) is 22.8. The Balaban J connectivity index is 1.29. The third-order valence-corrected chi connectivity index (χ3v) is 10.6. The van der Waals surface area contributed by atoms with Gasteiger partial charge in [0, 0.05) is 60.4 Å². The largest absolute Gasteiger partial charge is 0.454 e. The Morgan fingerprint density at radius 1 is 0.478 bits per heavy atom. The van der Waals surface area contributed by atoms with Crippen LogP contribution >= 0.6 is 0 Å². The first kappa shape index (κ1) is 23.4. The smallest absolute Gasteiger partial charge is 0.160 e. The molecule has 5 heterocycles. The number of aromatic nitrogens is 1. The van der Waals surface area contributed by atoms with Gasteiger partial charge in [-0.05, 0) is 48.0 Å². The zero-order valence-electron chi connectivity index (χ0n) is 24.6. The molecule has 1 aliphatic heterocycles. The molecule has 2 atom stereocenters. The van der Waals surface area contributed by atoms with Crippen LogP contribution in [0.5, 0.6) is 0 Å². The molecular formula is C42H24N2O2. The standard InChI is InChI=1S/C42H24N2O2/c1-5-13-34-24(9-1)25-10-2-6-14-35(25)43(34)23-21-32-28-17-19-30-26-11-3-7-15-36(26)45-41(30)39(28)44-38(32)33(22-23)29-18-20-31-27-12-4-8-16-37(27)46-42(31)40(29)44/h1-22,24,34H/t24?,34-/m0/s1. The monoisotopic (exact) mass is 588 g/mol. The topological polar surface area (TPSA) is 33.9 Å². The van der Waals surface area contributed by atoms with Crippen LogP contribution < -0.4 is 4.90 Å². The number of para-hydroxylation sites is 3. The van der Waals surface area contributed by atoms with Crippen molar-refractivity contribution < 1.29 is 8.83 Å². The van der Waals surface area contributed by atoms with E-state index in [-0.39, 0.29) is 6.04 Å². The Morgan fingerprint density at radius 3 is 1.72 bits per heavy atom. The van der Waals surface area contributed by atoms with E-state index in [2.05, 4.69) is 131 Å². The minimum absolute atomic E-state index is 0.223. The van der Waals surface area contributed by atoms with E-state index in [1.807, 2.05) is 12.1 Å². The lowest BCUT2D eigenvalue weighted by atomic mass is 9.91. The number of nitrogens with zero attached hydrogens (tertiary/aromatic N) is 2. The highest BCUT2D eigenvalue weighted by molar-refractivity contribution is 6.32. The summed E-state index contributed by atoms with van der Waals surface area (Å²) >= 11 is 0. The highest BCUT2D eigenvalue weighted by atomic mass is 16.3. The molecule has 0 amide bonds. The highest BCUT2D eigenvalue weighted by Gasteiger charge is 2.38. The van der Waals surface area contributed by atoms with Crippen LogP contribution in [0.3, 0.4) is 0 Å². The summed E-state index contributed by atoms with van der Waals surface area (Å²) in [4.78, 5) is 2.54. The molecule has 6 aromatic carbocycles. The van der Waals surface area contributed by atoms with Crippen LogP contribution in [0.1, 0.15) is 11.5 Å². The van der Waals surface area contributed by atoms with Gasteiger partial charge in [0.1, 0.15) is 11.2 Å². The number of hydrogen-bond donors (Lipinski definition) is 0. The fourth-order valence-corrected chi connectivity index (χ4v) is 8.76. The van der Waals surface area contributed by atoms with Crippen molar-refractivity contribution in [1.82, 2.24) is 4.40 Å². The van der Waals surface area contributed by atoms with Crippen LogP contribution in [0.25, 0.3) is 82.0 Å². The van der Waals surface area contributed by atoms with Gasteiger partial charge in [-0.2, -0.15) is 0 Å². The summed E-state index contributed by atoms with van der Waals surface area (Å²) in [5.41, 5.74) is 10.9. The Morgan fingerprint density at radius 2 is 1.04 bits per heavy atom. The van der Waals surface area contributed by atoms with Crippen LogP contribution in [0, 0.1) is 0 Å². The molecule has 2 aliphatic rings. The summed E-state index contributed by atoms with van der Waals surface area (Å²) in [7, 11) is 0. The minimum Gasteiger partial charge on any atom is -0.454 e. The first-order valence-corrected chi connectivity index (χ1v) is 15.9. The maximum absolute atomic E-state index is 6.72. The normalized spacial score (nSPS) is 17.8. The molecule has 0 bridgehead atoms. The molecule has 4 nitrogen and oxygen atoms in total. The van der Waals surface area contributed by atoms with E-state index in [0.29, 0.717) is 5.92 Å². The molecule has 0 saturated heterocycles. The van der Waals surface area contributed by atoms with Crippen LogP contribution in [0.15, 0.2) is 142 Å². The van der Waals surface area contributed by atoms with Gasteiger partial charge in [0.05, 0.1) is 22.6 Å². The average molecular weight is 589 g/mol. The molecule has 4 heteroatoms. The molecule has 0 saturated carbocycles. The third-order valence-electron chi connectivity index (χ3n) is 10.6. The van der Waals surface area contributed by atoms with E-state index < -0.39 is 0 Å². The maximum atomic E-state index is 6.72. The number of anilines is 2. The number of allylic oxidation sites excluding steroid dienone is 2. The highest BCUT2D eigenvalue weighted by Crippen LogP contribution is 2.51. The second kappa shape index (κ2) is 7.98. The summed E-state index contributed by atoms with van der Waals surface area (Å²) in [6.07, 6.45) is 9.07. The van der Waals surface area contributed by atoms with Gasteiger partial charge in [0.2, 0.25) is 0 Å². The van der Waals surface area contributed by atoms with Crippen LogP contribution in [0.4, 0.5) is 11.4 Å². The van der Waals surface area contributed by atoms with Gasteiger partial charge < -0.3 is 18.1 Å². The Labute approximate surface area is 262 Å². The molecule has 4 aromatic heterocycles. The first-order valence-electron chi connectivity index (χ1n) is 15.9. The van der Waals surface area contributed by atoms with Crippen molar-refractivity contribution in [3.63, 3.8) is 0 Å². The molecule has 1 aliphatic carbocycles. The second-order valence-corrected chi connectivity index (χ2v) is 12.8. The summed E-state index contributed by atoms with van der Waals surface area (Å²) in [5.74, 6) is 0.324. The summed E-state index contributed by atoms with van der Waals surface area (Å²) in [6, 6.07) is 39.7. The van der Waals surface area contributed by atoms with Gasteiger partial charge in [-0.1, -0.05) is 91.0 Å². The van der Waals surface area contributed by atoms with Crippen molar-refractivity contribution in [1.29, 1.82) is 0 Å². The van der Waals surface area contributed by atoms with Gasteiger partial charge >= 0.3 is 0 Å². The Hall–Kier alpha value is -6.00. The zero-order valence-corrected chi connectivity index (χ0v) is 24.6. The number of hydrogen-bond acceptors (Lipinski definition) is 3. The molecule has 12 rings (SSSR count). The number of furan rings is 2. The number of benzene rings is 6. The van der Waals surface area contributed by atoms with E-state index in [4.69, 9.17) is 8.83 Å². The fraction of sp³-hybridized carbons (Fsp3) is 0.0476. The Bertz CT molecular complexity index is 2850. The lowest BCUT2D eigenvalue weighted by Gasteiger charge is -2.29. The molecule has 0 radical (unpaired) electrons. The summed E-state index contributed by atoms with van der Waals surface area (Å²) in [6.45, 7) is 0. The van der Waals surface area contributed by atoms with Crippen molar-refractivity contribution >= 4 is 93.3 Å². The molecule has 0 spiro atoms. The SMILES string of the molecule is C1=CC2c3ccccc3N(c3cc4c5ccc6c7ccccc7oc6c5n5c4c(c3)c3ccc4c6ccccc6oc4c35)[C@H]2C=C1. The maximum Gasteiger partial charge on any atom is 0.160 e. The molecular weight excluding hydrogens is 564 g/mol. The molecule has 0 fully saturated rings. The van der Waals surface area contributed by atoms with Crippen molar-refractivity contribution in [3.05, 3.63) is 139 Å². The molecule has 0 N–H and O–H groups in total. The van der Waals surface area contributed by atoms with Crippen molar-refractivity contribution in [2.24, 2.45) is 0 Å². The van der Waals surface area contributed by atoms with Crippen molar-refractivity contribution in [2.75, 3.05) is 4.90 Å². The number of rotatable bonds is 1. The Kier molecular flexibility index (Phi) is 4.06. The van der Waals surface area contributed by atoms with Gasteiger partial charge in [0.25, 0.3) is 0 Å². The third kappa shape index (κ3) is 2.65. The molecule has 214 valence electrons. The molecule has 1 unspecified atom stereocenters. The van der Waals surface area contributed by atoms with E-state index >= 15 is 0 Å². The van der Waals surface area contributed by atoms with Crippen LogP contribution in [-0.4, -0.2) is 10.4 Å². The lowest BCUT2D eigenvalue weighted by Crippen LogP contribution is -2.28. The van der Waals surface area contributed by atoms with E-state index in [1.165, 1.54) is 44.0 Å². The van der Waals surface area contributed by atoms with Crippen LogP contribution in [-0.2, 0) is 0 Å². The summed E-state index contributed by atoms with van der Waals surface area (Å²) in [5, 5.41) is 9.35. The second-order valence-electron chi connectivity index (χ2n) is 12.8. The average Bonchev–Trinajstić information content (AvgIpc) is 3.90. The minimum atomic E-state index is 0.223. The van der Waals surface area contributed by atoms with E-state index in [0.717, 1.165) is 54.9 Å². The van der Waals surface area contributed by atoms with Crippen molar-refractivity contribution in [2.45, 2.75) is 12.0 Å². The predicted octanol–water partition coefficient (Wildman–Crippen LogP) is 11.4. The quantitative estimate of drug-likeness (QED) is 0.191. The van der Waals surface area contributed by atoms with E-state index in [9.17, 15) is 0 Å². The molecule has 10 aromatic rings. The van der Waals surface area contributed by atoms with Gasteiger partial charge in [-0.25, -0.2) is 0 Å². The van der Waals surface area contributed by atoms with Gasteiger partial charge in [-0.15, -0.1) is 0 Å². The lowest BCUT2D eigenvalue weighted by molar-refractivity contribution is 0.670. The van der Waals surface area contributed by atoms with Crippen LogP contribution in [0.2, 0.25) is 0 Å². The summed E-state index contributed by atoms with van der Waals surface area (Å²) < 4.78 is 15.9. The van der Waals surface area contributed by atoms with Crippen molar-refractivity contribution in [3.8, 4) is 0 Å². The van der Waals surface area contributed by atoms with E-state index in [1.54, 1.807) is 0 Å². The predicted molar refractivity (Wildman–Crippen MR) is 189 cm³/mol. The molecule has 46 heavy (non-hydrogen) atoms. The van der Waals surface area contributed by atoms with Gasteiger partial charge in [0.15, 0.2) is 11.2 Å². The number of fused-ring (bicyclic) bond motifs is 17. The van der Waals surface area contributed by atoms with Gasteiger partial charge in [-0.3, -0.25) is 0 Å². The fourth-order valence-electron chi connectivity index (χ4n) is 8.76.